The summed E-state index contributed by atoms with van der Waals surface area (Å²) < 4.78 is 17.1. The summed E-state index contributed by atoms with van der Waals surface area (Å²) in [6.07, 6.45) is 0.624. The van der Waals surface area contributed by atoms with Crippen molar-refractivity contribution in [1.29, 1.82) is 0 Å². The Labute approximate surface area is 85.4 Å². The SMILES string of the molecule is CCOP(=O)(CC)SCCN(C)C. The quantitative estimate of drug-likeness (QED) is 0.623. The number of rotatable bonds is 7. The van der Waals surface area contributed by atoms with Crippen LogP contribution in [0.1, 0.15) is 13.8 Å². The van der Waals surface area contributed by atoms with E-state index >= 15 is 0 Å². The Hall–Kier alpha value is 0.500. The van der Waals surface area contributed by atoms with E-state index in [2.05, 4.69) is 4.90 Å². The molecular formula is C8H20NO2PS. The summed E-state index contributed by atoms with van der Waals surface area (Å²) in [4.78, 5) is 2.08. The molecular weight excluding hydrogens is 205 g/mol. The molecule has 0 spiro atoms. The molecule has 0 bridgehead atoms. The number of nitrogens with zero attached hydrogens (tertiary/aromatic N) is 1. The molecule has 0 aliphatic heterocycles. The van der Waals surface area contributed by atoms with Gasteiger partial charge >= 0.3 is 0 Å². The molecule has 0 saturated carbocycles. The standard InChI is InChI=1S/C8H20NO2PS/c1-5-11-12(10,6-2)13-8-7-9(3)4/h5-8H2,1-4H3. The van der Waals surface area contributed by atoms with Crippen LogP contribution < -0.4 is 0 Å². The van der Waals surface area contributed by atoms with E-state index in [4.69, 9.17) is 4.52 Å². The Morgan fingerprint density at radius 2 is 2.00 bits per heavy atom. The van der Waals surface area contributed by atoms with E-state index in [0.717, 1.165) is 12.3 Å². The molecule has 0 aromatic carbocycles. The molecule has 0 fully saturated rings. The minimum absolute atomic E-state index is 0.542. The summed E-state index contributed by atoms with van der Waals surface area (Å²) in [6.45, 7) is 2.92. The van der Waals surface area contributed by atoms with Crippen LogP contribution in [0.2, 0.25) is 0 Å². The van der Waals surface area contributed by atoms with E-state index in [-0.39, 0.29) is 0 Å². The lowest BCUT2D eigenvalue weighted by molar-refractivity contribution is 0.346. The average Bonchev–Trinajstić information content (AvgIpc) is 2.04. The molecule has 0 heterocycles. The van der Waals surface area contributed by atoms with E-state index in [0.29, 0.717) is 12.8 Å². The van der Waals surface area contributed by atoms with Crippen molar-refractivity contribution in [2.45, 2.75) is 13.8 Å². The Bertz CT molecular complexity index is 176. The van der Waals surface area contributed by atoms with Gasteiger partial charge in [0.25, 0.3) is 6.57 Å². The van der Waals surface area contributed by atoms with Gasteiger partial charge in [-0.2, -0.15) is 0 Å². The van der Waals surface area contributed by atoms with Crippen LogP contribution in [0.4, 0.5) is 0 Å². The minimum Gasteiger partial charge on any atom is -0.321 e. The summed E-state index contributed by atoms with van der Waals surface area (Å²) in [6, 6.07) is 0. The van der Waals surface area contributed by atoms with Gasteiger partial charge in [0.2, 0.25) is 0 Å². The molecule has 0 N–H and O–H groups in total. The van der Waals surface area contributed by atoms with Crippen molar-refractivity contribution < 1.29 is 9.09 Å². The highest BCUT2D eigenvalue weighted by molar-refractivity contribution is 8.56. The third kappa shape index (κ3) is 6.55. The molecule has 0 aliphatic rings. The van der Waals surface area contributed by atoms with Crippen molar-refractivity contribution in [2.24, 2.45) is 0 Å². The van der Waals surface area contributed by atoms with Crippen molar-refractivity contribution in [2.75, 3.05) is 39.2 Å². The smallest absolute Gasteiger partial charge is 0.257 e. The molecule has 80 valence electrons. The minimum atomic E-state index is -2.37. The largest absolute Gasteiger partial charge is 0.321 e. The Morgan fingerprint density at radius 1 is 1.38 bits per heavy atom. The van der Waals surface area contributed by atoms with E-state index in [9.17, 15) is 4.57 Å². The first kappa shape index (κ1) is 13.5. The monoisotopic (exact) mass is 225 g/mol. The number of hydrogen-bond donors (Lipinski definition) is 0. The molecule has 0 amide bonds. The molecule has 5 heteroatoms. The van der Waals surface area contributed by atoms with Gasteiger partial charge in [-0.05, 0) is 21.0 Å². The zero-order chi connectivity index (χ0) is 10.3. The van der Waals surface area contributed by atoms with E-state index in [1.165, 1.54) is 11.4 Å². The van der Waals surface area contributed by atoms with E-state index in [1.807, 2.05) is 27.9 Å². The summed E-state index contributed by atoms with van der Waals surface area (Å²) in [7, 11) is 4.02. The van der Waals surface area contributed by atoms with Gasteiger partial charge in [-0.25, -0.2) is 0 Å². The topological polar surface area (TPSA) is 29.5 Å². The van der Waals surface area contributed by atoms with Crippen molar-refractivity contribution in [1.82, 2.24) is 4.90 Å². The second-order valence-electron chi connectivity index (χ2n) is 2.98. The molecule has 1 unspecified atom stereocenters. The van der Waals surface area contributed by atoms with Crippen LogP contribution in [0.15, 0.2) is 0 Å². The van der Waals surface area contributed by atoms with E-state index in [1.54, 1.807) is 0 Å². The van der Waals surface area contributed by atoms with Gasteiger partial charge in [0.1, 0.15) is 0 Å². The molecule has 0 aromatic heterocycles. The van der Waals surface area contributed by atoms with Crippen molar-refractivity contribution in [3.8, 4) is 0 Å². The van der Waals surface area contributed by atoms with Crippen LogP contribution in [0.3, 0.4) is 0 Å². The maximum Gasteiger partial charge on any atom is 0.257 e. The van der Waals surface area contributed by atoms with Crippen molar-refractivity contribution in [3.63, 3.8) is 0 Å². The molecule has 3 nitrogen and oxygen atoms in total. The normalized spacial score (nSPS) is 16.1. The van der Waals surface area contributed by atoms with Gasteiger partial charge in [0, 0.05) is 18.5 Å². The lowest BCUT2D eigenvalue weighted by Gasteiger charge is -2.16. The first-order valence-corrected chi connectivity index (χ1v) is 7.97. The highest BCUT2D eigenvalue weighted by Crippen LogP contribution is 2.58. The molecule has 0 saturated heterocycles. The summed E-state index contributed by atoms with van der Waals surface area (Å²) in [5, 5.41) is 0. The van der Waals surface area contributed by atoms with Gasteiger partial charge in [-0.1, -0.05) is 18.3 Å². The lowest BCUT2D eigenvalue weighted by Crippen LogP contribution is -2.14. The van der Waals surface area contributed by atoms with Gasteiger partial charge in [0.05, 0.1) is 6.61 Å². The highest BCUT2D eigenvalue weighted by atomic mass is 32.7. The second kappa shape index (κ2) is 6.88. The molecule has 0 radical (unpaired) electrons. The molecule has 0 aliphatic carbocycles. The summed E-state index contributed by atoms with van der Waals surface area (Å²) in [5.74, 6) is 0.873. The predicted molar refractivity (Wildman–Crippen MR) is 60.8 cm³/mol. The molecule has 0 aromatic rings. The van der Waals surface area contributed by atoms with Crippen LogP contribution >= 0.6 is 18.0 Å². The van der Waals surface area contributed by atoms with Crippen LogP contribution in [-0.4, -0.2) is 44.1 Å². The Kier molecular flexibility index (Phi) is 7.15. The third-order valence-electron chi connectivity index (χ3n) is 1.54. The summed E-state index contributed by atoms with van der Waals surface area (Å²) in [5.41, 5.74) is 0. The predicted octanol–water partition coefficient (Wildman–Crippen LogP) is 2.53. The summed E-state index contributed by atoms with van der Waals surface area (Å²) >= 11 is 1.47. The fourth-order valence-electron chi connectivity index (χ4n) is 0.779. The third-order valence-corrected chi connectivity index (χ3v) is 6.54. The van der Waals surface area contributed by atoms with Gasteiger partial charge in [-0.15, -0.1) is 0 Å². The molecule has 13 heavy (non-hydrogen) atoms. The lowest BCUT2D eigenvalue weighted by atomic mass is 10.7. The molecule has 0 rings (SSSR count). The Morgan fingerprint density at radius 3 is 2.38 bits per heavy atom. The number of hydrogen-bond acceptors (Lipinski definition) is 4. The van der Waals surface area contributed by atoms with Crippen LogP contribution in [0.25, 0.3) is 0 Å². The zero-order valence-corrected chi connectivity index (χ0v) is 10.7. The molecule has 1 atom stereocenters. The van der Waals surface area contributed by atoms with E-state index < -0.39 is 6.57 Å². The fraction of sp³-hybridized carbons (Fsp3) is 1.00. The van der Waals surface area contributed by atoms with Crippen LogP contribution in [0.5, 0.6) is 0 Å². The van der Waals surface area contributed by atoms with Gasteiger partial charge < -0.3 is 9.42 Å². The van der Waals surface area contributed by atoms with Crippen molar-refractivity contribution in [3.05, 3.63) is 0 Å². The van der Waals surface area contributed by atoms with Crippen LogP contribution in [-0.2, 0) is 9.09 Å². The fourth-order valence-corrected chi connectivity index (χ4v) is 4.50. The average molecular weight is 225 g/mol. The van der Waals surface area contributed by atoms with Crippen LogP contribution in [0, 0.1) is 0 Å². The highest BCUT2D eigenvalue weighted by Gasteiger charge is 2.19. The Balaban J connectivity index is 3.77. The first-order chi connectivity index (χ1) is 6.04. The van der Waals surface area contributed by atoms with Gasteiger partial charge in [0.15, 0.2) is 0 Å². The maximum absolute atomic E-state index is 11.9. The maximum atomic E-state index is 11.9. The first-order valence-electron chi connectivity index (χ1n) is 4.57. The second-order valence-corrected chi connectivity index (χ2v) is 8.20. The van der Waals surface area contributed by atoms with Gasteiger partial charge in [-0.3, -0.25) is 4.57 Å². The van der Waals surface area contributed by atoms with Crippen molar-refractivity contribution >= 4 is 18.0 Å². The zero-order valence-electron chi connectivity index (χ0n) is 8.95.